The molecule has 1 aromatic heterocycles. The van der Waals surface area contributed by atoms with Crippen LogP contribution in [0.3, 0.4) is 0 Å². The van der Waals surface area contributed by atoms with Gasteiger partial charge >= 0.3 is 0 Å². The number of hydrogen-bond donors (Lipinski definition) is 1. The normalized spacial score (nSPS) is 10.8. The first kappa shape index (κ1) is 13.7. The van der Waals surface area contributed by atoms with Gasteiger partial charge in [-0.2, -0.15) is 0 Å². The highest BCUT2D eigenvalue weighted by Gasteiger charge is 2.08. The SMILES string of the molecule is CNCCCc1sc(-c2ccc(Br)cc2)nc1C. The molecule has 0 aliphatic carbocycles. The predicted molar refractivity (Wildman–Crippen MR) is 82.2 cm³/mol. The third kappa shape index (κ3) is 3.40. The largest absolute Gasteiger partial charge is 0.320 e. The lowest BCUT2D eigenvalue weighted by Crippen LogP contribution is -2.08. The summed E-state index contributed by atoms with van der Waals surface area (Å²) < 4.78 is 1.11. The molecule has 2 rings (SSSR count). The summed E-state index contributed by atoms with van der Waals surface area (Å²) >= 11 is 5.27. The van der Waals surface area contributed by atoms with Crippen LogP contribution in [0.15, 0.2) is 28.7 Å². The summed E-state index contributed by atoms with van der Waals surface area (Å²) in [6.07, 6.45) is 2.28. The van der Waals surface area contributed by atoms with Gasteiger partial charge < -0.3 is 5.32 Å². The van der Waals surface area contributed by atoms with Crippen molar-refractivity contribution in [2.75, 3.05) is 13.6 Å². The zero-order chi connectivity index (χ0) is 13.0. The molecule has 0 radical (unpaired) electrons. The van der Waals surface area contributed by atoms with Crippen LogP contribution in [0, 0.1) is 6.92 Å². The average molecular weight is 325 g/mol. The third-order valence-corrected chi connectivity index (χ3v) is 4.61. The molecule has 1 aromatic carbocycles. The van der Waals surface area contributed by atoms with Crippen LogP contribution in [-0.4, -0.2) is 18.6 Å². The highest BCUT2D eigenvalue weighted by atomic mass is 79.9. The zero-order valence-corrected chi connectivity index (χ0v) is 13.1. The quantitative estimate of drug-likeness (QED) is 0.840. The van der Waals surface area contributed by atoms with Crippen molar-refractivity contribution >= 4 is 27.3 Å². The van der Waals surface area contributed by atoms with Gasteiger partial charge in [0.2, 0.25) is 0 Å². The van der Waals surface area contributed by atoms with Crippen molar-refractivity contribution in [1.29, 1.82) is 0 Å². The summed E-state index contributed by atoms with van der Waals surface area (Å²) in [5, 5.41) is 4.31. The van der Waals surface area contributed by atoms with Crippen LogP contribution in [0.25, 0.3) is 10.6 Å². The number of nitrogens with zero attached hydrogens (tertiary/aromatic N) is 1. The number of benzene rings is 1. The Bertz CT molecular complexity index is 505. The Balaban J connectivity index is 2.15. The van der Waals surface area contributed by atoms with Gasteiger partial charge in [-0.1, -0.05) is 28.1 Å². The smallest absolute Gasteiger partial charge is 0.123 e. The van der Waals surface area contributed by atoms with Crippen LogP contribution in [0.4, 0.5) is 0 Å². The maximum atomic E-state index is 4.67. The van der Waals surface area contributed by atoms with Crippen molar-refractivity contribution in [3.8, 4) is 10.6 Å². The molecular weight excluding hydrogens is 308 g/mol. The fourth-order valence-corrected chi connectivity index (χ4v) is 3.18. The average Bonchev–Trinajstić information content (AvgIpc) is 2.72. The van der Waals surface area contributed by atoms with E-state index in [0.29, 0.717) is 0 Å². The summed E-state index contributed by atoms with van der Waals surface area (Å²) in [6, 6.07) is 8.35. The van der Waals surface area contributed by atoms with Crippen molar-refractivity contribution in [2.24, 2.45) is 0 Å². The fourth-order valence-electron chi connectivity index (χ4n) is 1.80. The van der Waals surface area contributed by atoms with E-state index in [-0.39, 0.29) is 0 Å². The minimum atomic E-state index is 1.06. The van der Waals surface area contributed by atoms with Crippen LogP contribution in [0.1, 0.15) is 17.0 Å². The van der Waals surface area contributed by atoms with Gasteiger partial charge in [0.25, 0.3) is 0 Å². The van der Waals surface area contributed by atoms with Crippen molar-refractivity contribution in [1.82, 2.24) is 10.3 Å². The van der Waals surface area contributed by atoms with Crippen LogP contribution < -0.4 is 5.32 Å². The lowest BCUT2D eigenvalue weighted by atomic mass is 10.2. The summed E-state index contributed by atoms with van der Waals surface area (Å²) in [5.41, 5.74) is 2.38. The molecule has 0 unspecified atom stereocenters. The number of aromatic nitrogens is 1. The Morgan fingerprint density at radius 1 is 1.28 bits per heavy atom. The molecule has 0 amide bonds. The molecule has 0 atom stereocenters. The summed E-state index contributed by atoms with van der Waals surface area (Å²) in [6.45, 7) is 3.17. The maximum Gasteiger partial charge on any atom is 0.123 e. The molecular formula is C14H17BrN2S. The van der Waals surface area contributed by atoms with Crippen molar-refractivity contribution in [2.45, 2.75) is 19.8 Å². The van der Waals surface area contributed by atoms with E-state index in [9.17, 15) is 0 Å². The van der Waals surface area contributed by atoms with Gasteiger partial charge in [0.15, 0.2) is 0 Å². The van der Waals surface area contributed by atoms with Gasteiger partial charge in [-0.25, -0.2) is 4.98 Å². The summed E-state index contributed by atoms with van der Waals surface area (Å²) in [4.78, 5) is 6.08. The minimum absolute atomic E-state index is 1.06. The molecule has 0 aliphatic heterocycles. The molecule has 2 aromatic rings. The van der Waals surface area contributed by atoms with E-state index in [0.717, 1.165) is 22.4 Å². The standard InChI is InChI=1S/C14H17BrN2S/c1-10-13(4-3-9-16-2)18-14(17-10)11-5-7-12(15)8-6-11/h5-8,16H,3-4,9H2,1-2H3. The molecule has 4 heteroatoms. The second-order valence-electron chi connectivity index (χ2n) is 4.24. The van der Waals surface area contributed by atoms with Crippen molar-refractivity contribution < 1.29 is 0 Å². The molecule has 18 heavy (non-hydrogen) atoms. The van der Waals surface area contributed by atoms with E-state index in [1.807, 2.05) is 18.4 Å². The van der Waals surface area contributed by atoms with E-state index in [1.165, 1.54) is 22.6 Å². The first-order valence-electron chi connectivity index (χ1n) is 6.07. The third-order valence-electron chi connectivity index (χ3n) is 2.81. The molecule has 1 N–H and O–H groups in total. The lowest BCUT2D eigenvalue weighted by Gasteiger charge is -1.97. The lowest BCUT2D eigenvalue weighted by molar-refractivity contribution is 0.727. The number of halogens is 1. The zero-order valence-electron chi connectivity index (χ0n) is 10.7. The van der Waals surface area contributed by atoms with Gasteiger partial charge in [-0.05, 0) is 45.5 Å². The van der Waals surface area contributed by atoms with Gasteiger partial charge in [-0.15, -0.1) is 11.3 Å². The molecule has 0 spiro atoms. The fraction of sp³-hybridized carbons (Fsp3) is 0.357. The molecule has 0 aliphatic rings. The first-order valence-corrected chi connectivity index (χ1v) is 7.68. The highest BCUT2D eigenvalue weighted by molar-refractivity contribution is 9.10. The monoisotopic (exact) mass is 324 g/mol. The Morgan fingerprint density at radius 3 is 2.67 bits per heavy atom. The van der Waals surface area contributed by atoms with Gasteiger partial charge in [0, 0.05) is 14.9 Å². The van der Waals surface area contributed by atoms with Crippen LogP contribution >= 0.6 is 27.3 Å². The highest BCUT2D eigenvalue weighted by Crippen LogP contribution is 2.29. The molecule has 0 saturated carbocycles. The summed E-state index contributed by atoms with van der Waals surface area (Å²) in [7, 11) is 1.99. The second kappa shape index (κ2) is 6.45. The molecule has 0 saturated heterocycles. The molecule has 2 nitrogen and oxygen atoms in total. The van der Waals surface area contributed by atoms with E-state index < -0.39 is 0 Å². The number of rotatable bonds is 5. The number of thiazole rings is 1. The summed E-state index contributed by atoms with van der Waals surface area (Å²) in [5.74, 6) is 0. The van der Waals surface area contributed by atoms with Gasteiger partial charge in [0.1, 0.15) is 5.01 Å². The Morgan fingerprint density at radius 2 is 2.00 bits per heavy atom. The first-order chi connectivity index (χ1) is 8.70. The van der Waals surface area contributed by atoms with E-state index in [1.54, 1.807) is 0 Å². The number of nitrogens with one attached hydrogen (secondary N) is 1. The second-order valence-corrected chi connectivity index (χ2v) is 6.24. The minimum Gasteiger partial charge on any atom is -0.320 e. The Hall–Kier alpha value is -0.710. The maximum absolute atomic E-state index is 4.67. The van der Waals surface area contributed by atoms with Crippen molar-refractivity contribution in [3.63, 3.8) is 0 Å². The van der Waals surface area contributed by atoms with E-state index >= 15 is 0 Å². The van der Waals surface area contributed by atoms with Crippen molar-refractivity contribution in [3.05, 3.63) is 39.3 Å². The Kier molecular flexibility index (Phi) is 4.92. The predicted octanol–water partition coefficient (Wildman–Crippen LogP) is 4.03. The van der Waals surface area contributed by atoms with E-state index in [2.05, 4.69) is 57.4 Å². The van der Waals surface area contributed by atoms with Gasteiger partial charge in [-0.3, -0.25) is 0 Å². The molecule has 1 heterocycles. The van der Waals surface area contributed by atoms with Crippen LogP contribution in [-0.2, 0) is 6.42 Å². The van der Waals surface area contributed by atoms with Crippen LogP contribution in [0.2, 0.25) is 0 Å². The molecule has 0 fully saturated rings. The van der Waals surface area contributed by atoms with Gasteiger partial charge in [0.05, 0.1) is 5.69 Å². The Labute approximate surface area is 121 Å². The molecule has 96 valence electrons. The van der Waals surface area contributed by atoms with E-state index in [4.69, 9.17) is 0 Å². The topological polar surface area (TPSA) is 24.9 Å². The number of aryl methyl sites for hydroxylation is 2. The van der Waals surface area contributed by atoms with Crippen LogP contribution in [0.5, 0.6) is 0 Å². The molecule has 0 bridgehead atoms. The number of hydrogen-bond acceptors (Lipinski definition) is 3.